The molecule has 1 saturated heterocycles. The van der Waals surface area contributed by atoms with Crippen LogP contribution in [0.25, 0.3) is 0 Å². The van der Waals surface area contributed by atoms with Gasteiger partial charge in [-0.05, 0) is 51.6 Å². The van der Waals surface area contributed by atoms with Crippen LogP contribution in [0.1, 0.15) is 31.4 Å². The molecule has 1 atom stereocenters. The van der Waals surface area contributed by atoms with Crippen molar-refractivity contribution >= 4 is 5.82 Å². The van der Waals surface area contributed by atoms with Crippen LogP contribution in [0.3, 0.4) is 0 Å². The third-order valence-electron chi connectivity index (χ3n) is 3.81. The van der Waals surface area contributed by atoms with Crippen molar-refractivity contribution in [3.05, 3.63) is 23.9 Å². The van der Waals surface area contributed by atoms with E-state index in [2.05, 4.69) is 34.9 Å². The summed E-state index contributed by atoms with van der Waals surface area (Å²) >= 11 is 0. The third-order valence-corrected chi connectivity index (χ3v) is 3.81. The van der Waals surface area contributed by atoms with E-state index in [0.717, 1.165) is 24.5 Å². The Bertz CT molecular complexity index is 381. The fourth-order valence-corrected chi connectivity index (χ4v) is 2.50. The van der Waals surface area contributed by atoms with E-state index < -0.39 is 0 Å². The Morgan fingerprint density at radius 3 is 2.61 bits per heavy atom. The summed E-state index contributed by atoms with van der Waals surface area (Å²) in [5.41, 5.74) is 7.08. The molecule has 1 aliphatic heterocycles. The number of piperidine rings is 1. The second kappa shape index (κ2) is 5.67. The Kier molecular flexibility index (Phi) is 4.19. The summed E-state index contributed by atoms with van der Waals surface area (Å²) in [5.74, 6) is 1.07. The van der Waals surface area contributed by atoms with Crippen molar-refractivity contribution in [2.45, 2.75) is 31.8 Å². The van der Waals surface area contributed by atoms with Crippen LogP contribution >= 0.6 is 0 Å². The zero-order chi connectivity index (χ0) is 13.1. The van der Waals surface area contributed by atoms with E-state index in [9.17, 15) is 0 Å². The van der Waals surface area contributed by atoms with Gasteiger partial charge in [0.15, 0.2) is 0 Å². The van der Waals surface area contributed by atoms with Crippen molar-refractivity contribution in [1.82, 2.24) is 9.88 Å². The number of hydrogen-bond donors (Lipinski definition) is 1. The number of rotatable bonds is 3. The van der Waals surface area contributed by atoms with Gasteiger partial charge in [0.05, 0.1) is 0 Å². The number of anilines is 1. The summed E-state index contributed by atoms with van der Waals surface area (Å²) in [6, 6.07) is 4.91. The molecule has 2 N–H and O–H groups in total. The molecule has 100 valence electrons. The predicted octanol–water partition coefficient (Wildman–Crippen LogP) is 1.63. The number of nitrogens with two attached hydrogens (primary N) is 1. The quantitative estimate of drug-likeness (QED) is 0.883. The van der Waals surface area contributed by atoms with E-state index in [1.165, 1.54) is 12.8 Å². The lowest BCUT2D eigenvalue weighted by atomic mass is 10.0. The minimum Gasteiger partial charge on any atom is -0.356 e. The molecule has 2 rings (SSSR count). The van der Waals surface area contributed by atoms with Crippen LogP contribution in [0.5, 0.6) is 0 Å². The zero-order valence-corrected chi connectivity index (χ0v) is 11.6. The third kappa shape index (κ3) is 3.00. The molecule has 0 bridgehead atoms. The minimum atomic E-state index is 0.0751. The van der Waals surface area contributed by atoms with E-state index in [-0.39, 0.29) is 6.04 Å². The number of pyridine rings is 1. The van der Waals surface area contributed by atoms with Crippen molar-refractivity contribution in [3.63, 3.8) is 0 Å². The molecule has 1 unspecified atom stereocenters. The van der Waals surface area contributed by atoms with Gasteiger partial charge in [0, 0.05) is 31.4 Å². The highest BCUT2D eigenvalue weighted by Gasteiger charge is 2.21. The highest BCUT2D eigenvalue weighted by Crippen LogP contribution is 2.22. The summed E-state index contributed by atoms with van der Waals surface area (Å²) in [7, 11) is 4.32. The largest absolute Gasteiger partial charge is 0.356 e. The van der Waals surface area contributed by atoms with E-state index >= 15 is 0 Å². The number of hydrogen-bond acceptors (Lipinski definition) is 4. The first-order valence-corrected chi connectivity index (χ1v) is 6.71. The average molecular weight is 248 g/mol. The smallest absolute Gasteiger partial charge is 0.128 e. The van der Waals surface area contributed by atoms with Gasteiger partial charge in [-0.2, -0.15) is 0 Å². The van der Waals surface area contributed by atoms with Crippen molar-refractivity contribution in [2.75, 3.05) is 32.1 Å². The molecule has 0 saturated carbocycles. The summed E-state index contributed by atoms with van der Waals surface area (Å²) in [4.78, 5) is 9.16. The molecule has 4 heteroatoms. The Morgan fingerprint density at radius 2 is 2.06 bits per heavy atom. The predicted molar refractivity (Wildman–Crippen MR) is 75.8 cm³/mol. The van der Waals surface area contributed by atoms with Crippen LogP contribution in [-0.4, -0.2) is 43.1 Å². The van der Waals surface area contributed by atoms with Gasteiger partial charge in [0.1, 0.15) is 5.82 Å². The highest BCUT2D eigenvalue weighted by atomic mass is 15.2. The van der Waals surface area contributed by atoms with E-state index in [0.29, 0.717) is 6.04 Å². The number of nitrogens with zero attached hydrogens (tertiary/aromatic N) is 3. The molecule has 0 radical (unpaired) electrons. The van der Waals surface area contributed by atoms with Gasteiger partial charge in [0.25, 0.3) is 0 Å². The van der Waals surface area contributed by atoms with E-state index in [1.54, 1.807) is 0 Å². The first-order valence-electron chi connectivity index (χ1n) is 6.71. The Balaban J connectivity index is 2.03. The van der Waals surface area contributed by atoms with Gasteiger partial charge >= 0.3 is 0 Å². The molecule has 2 heterocycles. The summed E-state index contributed by atoms with van der Waals surface area (Å²) in [5, 5.41) is 0. The fourth-order valence-electron chi connectivity index (χ4n) is 2.50. The second-order valence-corrected chi connectivity index (χ2v) is 5.42. The Labute approximate surface area is 110 Å². The topological polar surface area (TPSA) is 45.4 Å². The van der Waals surface area contributed by atoms with Gasteiger partial charge in [-0.1, -0.05) is 0 Å². The molecule has 0 spiro atoms. The van der Waals surface area contributed by atoms with Crippen molar-refractivity contribution < 1.29 is 0 Å². The summed E-state index contributed by atoms with van der Waals surface area (Å²) < 4.78 is 0. The first-order chi connectivity index (χ1) is 8.58. The molecule has 18 heavy (non-hydrogen) atoms. The van der Waals surface area contributed by atoms with Gasteiger partial charge < -0.3 is 15.5 Å². The van der Waals surface area contributed by atoms with Gasteiger partial charge in [0.2, 0.25) is 0 Å². The van der Waals surface area contributed by atoms with Gasteiger partial charge in [-0.25, -0.2) is 4.98 Å². The number of aromatic nitrogens is 1. The second-order valence-electron chi connectivity index (χ2n) is 5.42. The zero-order valence-electron chi connectivity index (χ0n) is 11.6. The molecule has 1 fully saturated rings. The Morgan fingerprint density at radius 1 is 1.39 bits per heavy atom. The molecule has 1 aromatic heterocycles. The normalized spacial score (nSPS) is 19.3. The summed E-state index contributed by atoms with van der Waals surface area (Å²) in [6.07, 6.45) is 4.28. The van der Waals surface area contributed by atoms with Crippen LogP contribution in [0.2, 0.25) is 0 Å². The highest BCUT2D eigenvalue weighted by molar-refractivity contribution is 5.42. The molecule has 1 aromatic rings. The monoisotopic (exact) mass is 248 g/mol. The standard InChI is InChI=1S/C14H24N4/c1-11(15)12-4-7-16-14(10-12)18-8-5-13(6-9-18)17(2)3/h4,7,10-11,13H,5-6,8-9,15H2,1-3H3. The van der Waals surface area contributed by atoms with Gasteiger partial charge in [-0.3, -0.25) is 0 Å². The Hall–Kier alpha value is -1.13. The van der Waals surface area contributed by atoms with Gasteiger partial charge in [-0.15, -0.1) is 0 Å². The van der Waals surface area contributed by atoms with E-state index in [1.807, 2.05) is 19.2 Å². The molecule has 0 aliphatic carbocycles. The lowest BCUT2D eigenvalue weighted by Gasteiger charge is -2.36. The van der Waals surface area contributed by atoms with Crippen molar-refractivity contribution in [3.8, 4) is 0 Å². The van der Waals surface area contributed by atoms with E-state index in [4.69, 9.17) is 5.73 Å². The molecule has 4 nitrogen and oxygen atoms in total. The first kappa shape index (κ1) is 13.3. The molecule has 0 aromatic carbocycles. The summed E-state index contributed by atoms with van der Waals surface area (Å²) in [6.45, 7) is 4.17. The van der Waals surface area contributed by atoms with Crippen molar-refractivity contribution in [1.29, 1.82) is 0 Å². The SMILES string of the molecule is CC(N)c1ccnc(N2CCC(N(C)C)CC2)c1. The van der Waals surface area contributed by atoms with Crippen molar-refractivity contribution in [2.24, 2.45) is 5.73 Å². The maximum Gasteiger partial charge on any atom is 0.128 e. The maximum absolute atomic E-state index is 5.92. The molecule has 1 aliphatic rings. The lowest BCUT2D eigenvalue weighted by Crippen LogP contribution is -2.42. The van der Waals surface area contributed by atoms with Crippen LogP contribution in [0.4, 0.5) is 5.82 Å². The fraction of sp³-hybridized carbons (Fsp3) is 0.643. The molecule has 0 amide bonds. The average Bonchev–Trinajstić information content (AvgIpc) is 2.39. The lowest BCUT2D eigenvalue weighted by molar-refractivity contribution is 0.249. The minimum absolute atomic E-state index is 0.0751. The van der Waals surface area contributed by atoms with Crippen LogP contribution in [0.15, 0.2) is 18.3 Å². The maximum atomic E-state index is 5.92. The molecular formula is C14H24N4. The van der Waals surface area contributed by atoms with Crippen LogP contribution in [-0.2, 0) is 0 Å². The van der Waals surface area contributed by atoms with Crippen LogP contribution < -0.4 is 10.6 Å². The van der Waals surface area contributed by atoms with Crippen LogP contribution in [0, 0.1) is 0 Å². The molecular weight excluding hydrogens is 224 g/mol.